The van der Waals surface area contributed by atoms with Gasteiger partial charge in [0.15, 0.2) is 0 Å². The molecule has 3 aliphatic rings. The lowest BCUT2D eigenvalue weighted by Gasteiger charge is -2.25. The van der Waals surface area contributed by atoms with E-state index < -0.39 is 6.09 Å². The van der Waals surface area contributed by atoms with Gasteiger partial charge in [0, 0.05) is 39.3 Å². The Bertz CT molecular complexity index is 678. The van der Waals surface area contributed by atoms with Crippen molar-refractivity contribution in [3.05, 3.63) is 35.9 Å². The number of amides is 2. The van der Waals surface area contributed by atoms with Crippen LogP contribution in [0.4, 0.5) is 4.79 Å². The molecule has 0 saturated carbocycles. The van der Waals surface area contributed by atoms with E-state index in [1.165, 1.54) is 0 Å². The molecule has 0 radical (unpaired) electrons. The minimum atomic E-state index is -0.802. The summed E-state index contributed by atoms with van der Waals surface area (Å²) in [5.74, 6) is 0.925. The molecule has 4 rings (SSSR count). The third-order valence-electron chi connectivity index (χ3n) is 6.39. The average Bonchev–Trinajstić information content (AvgIpc) is 3.41. The summed E-state index contributed by atoms with van der Waals surface area (Å²) in [4.78, 5) is 27.8. The summed E-state index contributed by atoms with van der Waals surface area (Å²) in [5, 5.41) is 12.4. The highest BCUT2D eigenvalue weighted by molar-refractivity contribution is 5.79. The number of likely N-dealkylation sites (tertiary alicyclic amines) is 2. The van der Waals surface area contributed by atoms with Crippen LogP contribution in [-0.2, 0) is 9.53 Å². The molecule has 4 atom stereocenters. The van der Waals surface area contributed by atoms with Crippen LogP contribution in [-0.4, -0.2) is 72.8 Å². The van der Waals surface area contributed by atoms with E-state index in [0.29, 0.717) is 38.1 Å². The van der Waals surface area contributed by atoms with E-state index in [9.17, 15) is 14.7 Å². The largest absolute Gasteiger partial charge is 0.465 e. The average molecular weight is 387 g/mol. The number of nitrogens with zero attached hydrogens (tertiary/aromatic N) is 2. The lowest BCUT2D eigenvalue weighted by molar-refractivity contribution is -0.125. The molecule has 3 heterocycles. The highest BCUT2D eigenvalue weighted by Crippen LogP contribution is 2.31. The molecule has 2 amide bonds. The van der Waals surface area contributed by atoms with Crippen LogP contribution in [0.2, 0.25) is 0 Å². The topological polar surface area (TPSA) is 82.1 Å². The zero-order chi connectivity index (χ0) is 19.5. The molecule has 0 aromatic heterocycles. The quantitative estimate of drug-likeness (QED) is 0.778. The van der Waals surface area contributed by atoms with Gasteiger partial charge in [0.25, 0.3) is 0 Å². The first-order valence-corrected chi connectivity index (χ1v) is 10.2. The summed E-state index contributed by atoms with van der Waals surface area (Å²) in [5.41, 5.74) is 1.13. The number of benzene rings is 1. The number of hydrogen-bond acceptors (Lipinski definition) is 4. The van der Waals surface area contributed by atoms with E-state index in [1.54, 1.807) is 4.90 Å². The van der Waals surface area contributed by atoms with Crippen LogP contribution in [0.25, 0.3) is 0 Å². The standard InChI is InChI=1S/C21H29N3O4/c25-20(16-7-9-28-14-16)22-19(15-4-2-1-3-5-15)6-8-23-10-17-12-24(21(26)27)13-18(17)11-23/h1-5,16-19H,6-14H2,(H,22,25)(H,26,27)/t16?,17?,18?,19-/m0/s1. The molecule has 1 aromatic carbocycles. The second kappa shape index (κ2) is 8.49. The van der Waals surface area contributed by atoms with Crippen molar-refractivity contribution >= 4 is 12.0 Å². The fraction of sp³-hybridized carbons (Fsp3) is 0.619. The molecule has 3 unspecified atom stereocenters. The Morgan fingerprint density at radius 2 is 1.86 bits per heavy atom. The zero-order valence-corrected chi connectivity index (χ0v) is 16.1. The molecule has 0 bridgehead atoms. The first-order chi connectivity index (χ1) is 13.6. The monoisotopic (exact) mass is 387 g/mol. The lowest BCUT2D eigenvalue weighted by atomic mass is 10.0. The molecule has 0 aliphatic carbocycles. The van der Waals surface area contributed by atoms with E-state index in [-0.39, 0.29) is 17.9 Å². The summed E-state index contributed by atoms with van der Waals surface area (Å²) in [7, 11) is 0. The van der Waals surface area contributed by atoms with Gasteiger partial charge in [-0.2, -0.15) is 0 Å². The van der Waals surface area contributed by atoms with Crippen molar-refractivity contribution in [2.24, 2.45) is 17.8 Å². The van der Waals surface area contributed by atoms with Crippen LogP contribution in [0.1, 0.15) is 24.4 Å². The fourth-order valence-corrected chi connectivity index (χ4v) is 4.78. The van der Waals surface area contributed by atoms with Gasteiger partial charge < -0.3 is 25.0 Å². The molecule has 2 N–H and O–H groups in total. The van der Waals surface area contributed by atoms with Gasteiger partial charge in [0.05, 0.1) is 18.6 Å². The zero-order valence-electron chi connectivity index (χ0n) is 16.1. The molecule has 152 valence electrons. The minimum absolute atomic E-state index is 0.00902. The Morgan fingerprint density at radius 1 is 1.14 bits per heavy atom. The molecule has 28 heavy (non-hydrogen) atoms. The molecule has 7 nitrogen and oxygen atoms in total. The van der Waals surface area contributed by atoms with Crippen LogP contribution >= 0.6 is 0 Å². The van der Waals surface area contributed by atoms with Gasteiger partial charge in [0.2, 0.25) is 5.91 Å². The molecule has 7 heteroatoms. The van der Waals surface area contributed by atoms with E-state index in [2.05, 4.69) is 22.3 Å². The first-order valence-electron chi connectivity index (χ1n) is 10.2. The van der Waals surface area contributed by atoms with E-state index >= 15 is 0 Å². The Hall–Kier alpha value is -2.12. The minimum Gasteiger partial charge on any atom is -0.465 e. The maximum absolute atomic E-state index is 12.6. The summed E-state index contributed by atoms with van der Waals surface area (Å²) in [6.07, 6.45) is 0.845. The van der Waals surface area contributed by atoms with Crippen molar-refractivity contribution in [1.29, 1.82) is 0 Å². The van der Waals surface area contributed by atoms with Gasteiger partial charge in [-0.25, -0.2) is 4.79 Å². The SMILES string of the molecule is O=C(N[C@@H](CCN1CC2CN(C(=O)O)CC2C1)c1ccccc1)C1CCOC1. The third-order valence-corrected chi connectivity index (χ3v) is 6.39. The fourth-order valence-electron chi connectivity index (χ4n) is 4.78. The number of carbonyl (C=O) groups is 2. The second-order valence-electron chi connectivity index (χ2n) is 8.29. The van der Waals surface area contributed by atoms with E-state index in [4.69, 9.17) is 4.74 Å². The maximum atomic E-state index is 12.6. The normalized spacial score (nSPS) is 28.3. The van der Waals surface area contributed by atoms with Crippen molar-refractivity contribution in [2.75, 3.05) is 45.9 Å². The highest BCUT2D eigenvalue weighted by atomic mass is 16.5. The second-order valence-corrected chi connectivity index (χ2v) is 8.29. The smallest absolute Gasteiger partial charge is 0.407 e. The molecule has 3 saturated heterocycles. The van der Waals surface area contributed by atoms with Crippen LogP contribution in [0.3, 0.4) is 0 Å². The Kier molecular flexibility index (Phi) is 5.82. The molecule has 1 aromatic rings. The van der Waals surface area contributed by atoms with Crippen LogP contribution in [0.15, 0.2) is 30.3 Å². The predicted molar refractivity (Wildman–Crippen MR) is 104 cm³/mol. The summed E-state index contributed by atoms with van der Waals surface area (Å²) < 4.78 is 5.36. The molecule has 3 aliphatic heterocycles. The van der Waals surface area contributed by atoms with Crippen molar-refractivity contribution < 1.29 is 19.4 Å². The number of carbonyl (C=O) groups excluding carboxylic acids is 1. The maximum Gasteiger partial charge on any atom is 0.407 e. The van der Waals surface area contributed by atoms with E-state index in [1.807, 2.05) is 18.2 Å². The lowest BCUT2D eigenvalue weighted by Crippen LogP contribution is -2.37. The van der Waals surface area contributed by atoms with Crippen molar-refractivity contribution in [3.8, 4) is 0 Å². The summed E-state index contributed by atoms with van der Waals surface area (Å²) >= 11 is 0. The van der Waals surface area contributed by atoms with Gasteiger partial charge in [0.1, 0.15) is 0 Å². The van der Waals surface area contributed by atoms with Gasteiger partial charge in [-0.1, -0.05) is 30.3 Å². The van der Waals surface area contributed by atoms with Gasteiger partial charge in [-0.05, 0) is 30.2 Å². The Balaban J connectivity index is 1.33. The van der Waals surface area contributed by atoms with Gasteiger partial charge in [-0.3, -0.25) is 4.79 Å². The van der Waals surface area contributed by atoms with Crippen molar-refractivity contribution in [3.63, 3.8) is 0 Å². The molecular formula is C21H29N3O4. The van der Waals surface area contributed by atoms with Crippen molar-refractivity contribution in [2.45, 2.75) is 18.9 Å². The molecular weight excluding hydrogens is 358 g/mol. The predicted octanol–water partition coefficient (Wildman–Crippen LogP) is 1.81. The van der Waals surface area contributed by atoms with Crippen LogP contribution in [0, 0.1) is 17.8 Å². The first kappa shape index (κ1) is 19.2. The number of ether oxygens (including phenoxy) is 1. The van der Waals surface area contributed by atoms with Crippen molar-refractivity contribution in [1.82, 2.24) is 15.1 Å². The number of fused-ring (bicyclic) bond motifs is 1. The number of hydrogen-bond donors (Lipinski definition) is 2. The summed E-state index contributed by atoms with van der Waals surface area (Å²) in [6.45, 7) is 5.27. The van der Waals surface area contributed by atoms with E-state index in [0.717, 1.165) is 38.0 Å². The highest BCUT2D eigenvalue weighted by Gasteiger charge is 2.41. The number of carboxylic acid groups (broad SMARTS) is 1. The molecule has 0 spiro atoms. The van der Waals surface area contributed by atoms with Crippen LogP contribution < -0.4 is 5.32 Å². The van der Waals surface area contributed by atoms with Gasteiger partial charge >= 0.3 is 6.09 Å². The third kappa shape index (κ3) is 4.31. The Morgan fingerprint density at radius 3 is 2.46 bits per heavy atom. The number of rotatable bonds is 6. The van der Waals surface area contributed by atoms with Crippen LogP contribution in [0.5, 0.6) is 0 Å². The number of nitrogens with one attached hydrogen (secondary N) is 1. The summed E-state index contributed by atoms with van der Waals surface area (Å²) in [6, 6.07) is 10.1. The molecule has 3 fully saturated rings. The van der Waals surface area contributed by atoms with Gasteiger partial charge in [-0.15, -0.1) is 0 Å². The Labute approximate surface area is 165 Å².